The Morgan fingerprint density at radius 1 is 1.43 bits per heavy atom. The van der Waals surface area contributed by atoms with Gasteiger partial charge in [0.05, 0.1) is 16.1 Å². The summed E-state index contributed by atoms with van der Waals surface area (Å²) >= 11 is 6.47. The molecule has 1 unspecified atom stereocenters. The average molecular weight is 306 g/mol. The number of aryl methyl sites for hydroxylation is 1. The molecule has 1 aromatic heterocycles. The van der Waals surface area contributed by atoms with Crippen molar-refractivity contribution in [1.82, 2.24) is 14.9 Å². The molecular formula is C17H24ClN3. The Bertz CT molecular complexity index is 639. The molecule has 0 radical (unpaired) electrons. The fourth-order valence-electron chi connectivity index (χ4n) is 3.62. The molecule has 0 saturated carbocycles. The molecule has 1 aliphatic heterocycles. The Labute approximate surface area is 131 Å². The fourth-order valence-corrected chi connectivity index (χ4v) is 3.89. The summed E-state index contributed by atoms with van der Waals surface area (Å²) in [6.45, 7) is 9.89. The molecule has 3 rings (SSSR count). The predicted molar refractivity (Wildman–Crippen MR) is 89.0 cm³/mol. The van der Waals surface area contributed by atoms with Gasteiger partial charge in [-0.1, -0.05) is 38.4 Å². The van der Waals surface area contributed by atoms with Crippen molar-refractivity contribution in [3.8, 4) is 0 Å². The first-order chi connectivity index (χ1) is 10.1. The van der Waals surface area contributed by atoms with Crippen LogP contribution in [0.5, 0.6) is 0 Å². The van der Waals surface area contributed by atoms with Crippen LogP contribution in [0.3, 0.4) is 0 Å². The monoisotopic (exact) mass is 305 g/mol. The van der Waals surface area contributed by atoms with Crippen molar-refractivity contribution in [3.05, 3.63) is 29.0 Å². The Morgan fingerprint density at radius 3 is 2.86 bits per heavy atom. The van der Waals surface area contributed by atoms with E-state index < -0.39 is 0 Å². The number of aromatic nitrogens is 2. The zero-order valence-electron chi connectivity index (χ0n) is 13.1. The fraction of sp³-hybridized carbons (Fsp3) is 0.588. The summed E-state index contributed by atoms with van der Waals surface area (Å²) in [6.07, 6.45) is 2.24. The quantitative estimate of drug-likeness (QED) is 0.925. The predicted octanol–water partition coefficient (Wildman–Crippen LogP) is 3.99. The second-order valence-corrected chi connectivity index (χ2v) is 6.84. The second-order valence-electron chi connectivity index (χ2n) is 6.43. The summed E-state index contributed by atoms with van der Waals surface area (Å²) in [4.78, 5) is 5.01. The first-order valence-electron chi connectivity index (χ1n) is 7.96. The van der Waals surface area contributed by atoms with E-state index in [2.05, 4.69) is 36.7 Å². The van der Waals surface area contributed by atoms with Gasteiger partial charge in [0, 0.05) is 18.5 Å². The Morgan fingerprint density at radius 2 is 2.24 bits per heavy atom. The van der Waals surface area contributed by atoms with Crippen molar-refractivity contribution in [2.45, 2.75) is 45.6 Å². The van der Waals surface area contributed by atoms with Gasteiger partial charge in [-0.3, -0.25) is 0 Å². The van der Waals surface area contributed by atoms with Crippen LogP contribution in [0, 0.1) is 5.92 Å². The van der Waals surface area contributed by atoms with Gasteiger partial charge in [-0.25, -0.2) is 4.98 Å². The van der Waals surface area contributed by atoms with Gasteiger partial charge in [0.15, 0.2) is 0 Å². The van der Waals surface area contributed by atoms with Gasteiger partial charge < -0.3 is 9.88 Å². The number of rotatable bonds is 4. The zero-order chi connectivity index (χ0) is 15.0. The summed E-state index contributed by atoms with van der Waals surface area (Å²) in [6, 6.07) is 6.04. The molecule has 114 valence electrons. The van der Waals surface area contributed by atoms with Crippen molar-refractivity contribution in [2.24, 2.45) is 5.92 Å². The molecule has 2 aromatic rings. The molecule has 1 saturated heterocycles. The lowest BCUT2D eigenvalue weighted by Gasteiger charge is -2.32. The Balaban J connectivity index is 2.26. The van der Waals surface area contributed by atoms with Crippen LogP contribution in [0.4, 0.5) is 0 Å². The molecule has 3 nitrogen and oxygen atoms in total. The molecule has 4 heteroatoms. The number of nitrogens with zero attached hydrogens (tertiary/aromatic N) is 2. The van der Waals surface area contributed by atoms with Gasteiger partial charge in [-0.2, -0.15) is 0 Å². The molecule has 0 spiro atoms. The molecule has 21 heavy (non-hydrogen) atoms. The third kappa shape index (κ3) is 2.27. The van der Waals surface area contributed by atoms with Crippen LogP contribution in [0.2, 0.25) is 5.02 Å². The number of hydrogen-bond donors (Lipinski definition) is 1. The Kier molecular flexibility index (Phi) is 3.98. The van der Waals surface area contributed by atoms with E-state index in [9.17, 15) is 0 Å². The molecule has 0 aliphatic carbocycles. The lowest BCUT2D eigenvalue weighted by molar-refractivity contribution is 0.307. The highest BCUT2D eigenvalue weighted by atomic mass is 35.5. The first-order valence-corrected chi connectivity index (χ1v) is 8.34. The van der Waals surface area contributed by atoms with E-state index in [-0.39, 0.29) is 5.41 Å². The summed E-state index contributed by atoms with van der Waals surface area (Å²) in [5.41, 5.74) is 2.25. The van der Waals surface area contributed by atoms with E-state index in [1.807, 2.05) is 12.1 Å². The number of nitrogens with one attached hydrogen (secondary N) is 1. The highest BCUT2D eigenvalue weighted by Crippen LogP contribution is 2.40. The van der Waals surface area contributed by atoms with Crippen LogP contribution in [0.15, 0.2) is 18.2 Å². The van der Waals surface area contributed by atoms with Gasteiger partial charge in [-0.15, -0.1) is 0 Å². The van der Waals surface area contributed by atoms with E-state index >= 15 is 0 Å². The first kappa shape index (κ1) is 14.9. The molecule has 1 N–H and O–H groups in total. The number of imidazole rings is 1. The van der Waals surface area contributed by atoms with Crippen molar-refractivity contribution in [3.63, 3.8) is 0 Å². The third-order valence-electron chi connectivity index (χ3n) is 4.90. The van der Waals surface area contributed by atoms with Gasteiger partial charge >= 0.3 is 0 Å². The van der Waals surface area contributed by atoms with Gasteiger partial charge in [0.25, 0.3) is 0 Å². The van der Waals surface area contributed by atoms with Crippen LogP contribution < -0.4 is 5.32 Å². The molecular weight excluding hydrogens is 282 g/mol. The van der Waals surface area contributed by atoms with Crippen molar-refractivity contribution >= 4 is 22.6 Å². The summed E-state index contributed by atoms with van der Waals surface area (Å²) in [7, 11) is 0. The lowest BCUT2D eigenvalue weighted by atomic mass is 9.75. The topological polar surface area (TPSA) is 29.9 Å². The maximum absolute atomic E-state index is 6.47. The minimum absolute atomic E-state index is 0.123. The Hall–Kier alpha value is -1.06. The number of benzene rings is 1. The van der Waals surface area contributed by atoms with E-state index in [1.54, 1.807) is 0 Å². The van der Waals surface area contributed by atoms with Gasteiger partial charge in [0.1, 0.15) is 5.82 Å². The number of hydrogen-bond acceptors (Lipinski definition) is 2. The average Bonchev–Trinajstić information content (AvgIpc) is 3.05. The minimum Gasteiger partial charge on any atom is -0.326 e. The molecule has 0 bridgehead atoms. The molecule has 1 atom stereocenters. The molecule has 1 aliphatic rings. The lowest BCUT2D eigenvalue weighted by Crippen LogP contribution is -2.37. The van der Waals surface area contributed by atoms with Crippen molar-refractivity contribution < 1.29 is 0 Å². The molecule has 1 aromatic carbocycles. The highest BCUT2D eigenvalue weighted by molar-refractivity contribution is 6.35. The van der Waals surface area contributed by atoms with Crippen LogP contribution in [-0.4, -0.2) is 22.6 Å². The largest absolute Gasteiger partial charge is 0.326 e. The molecule has 0 amide bonds. The number of para-hydroxylation sites is 1. The van der Waals surface area contributed by atoms with E-state index in [0.29, 0.717) is 5.92 Å². The van der Waals surface area contributed by atoms with E-state index in [1.165, 1.54) is 5.82 Å². The normalized spacial score (nSPS) is 22.5. The number of halogens is 1. The SMILES string of the molecule is CCCn1c(C2(C(C)C)CCNC2)nc2cccc(Cl)c21. The van der Waals surface area contributed by atoms with Gasteiger partial charge in [0.2, 0.25) is 0 Å². The highest BCUT2D eigenvalue weighted by Gasteiger charge is 2.42. The standard InChI is InChI=1S/C17H24ClN3/c1-4-10-21-15-13(18)6-5-7-14(15)20-16(21)17(12(2)3)8-9-19-11-17/h5-7,12,19H,4,8-11H2,1-3H3. The van der Waals surface area contributed by atoms with Gasteiger partial charge in [-0.05, 0) is 37.4 Å². The summed E-state index contributed by atoms with van der Waals surface area (Å²) in [5, 5.41) is 4.34. The van der Waals surface area contributed by atoms with Crippen molar-refractivity contribution in [1.29, 1.82) is 0 Å². The van der Waals surface area contributed by atoms with Crippen LogP contribution >= 0.6 is 11.6 Å². The van der Waals surface area contributed by atoms with E-state index in [4.69, 9.17) is 16.6 Å². The third-order valence-corrected chi connectivity index (χ3v) is 5.21. The second kappa shape index (κ2) is 5.62. The van der Waals surface area contributed by atoms with Crippen LogP contribution in [0.25, 0.3) is 11.0 Å². The van der Waals surface area contributed by atoms with Crippen LogP contribution in [-0.2, 0) is 12.0 Å². The maximum atomic E-state index is 6.47. The maximum Gasteiger partial charge on any atom is 0.117 e. The molecule has 1 fully saturated rings. The zero-order valence-corrected chi connectivity index (χ0v) is 13.9. The number of fused-ring (bicyclic) bond motifs is 1. The van der Waals surface area contributed by atoms with Crippen molar-refractivity contribution in [2.75, 3.05) is 13.1 Å². The van der Waals surface area contributed by atoms with Crippen LogP contribution in [0.1, 0.15) is 39.4 Å². The van der Waals surface area contributed by atoms with E-state index in [0.717, 1.165) is 48.5 Å². The smallest absolute Gasteiger partial charge is 0.117 e. The summed E-state index contributed by atoms with van der Waals surface area (Å²) < 4.78 is 2.37. The molecule has 2 heterocycles. The minimum atomic E-state index is 0.123. The summed E-state index contributed by atoms with van der Waals surface area (Å²) in [5.74, 6) is 1.77.